The van der Waals surface area contributed by atoms with Crippen LogP contribution in [0.4, 0.5) is 0 Å². The quantitative estimate of drug-likeness (QED) is 0.507. The Hall–Kier alpha value is -1.43. The van der Waals surface area contributed by atoms with Crippen LogP contribution in [-0.4, -0.2) is 34.4 Å². The Bertz CT molecular complexity index is 232. The average Bonchev–Trinajstić information content (AvgIpc) is 2.57. The SMILES string of the molecule is NCC(=O)NCCc1c[nH]nn1. The van der Waals surface area contributed by atoms with E-state index in [-0.39, 0.29) is 12.5 Å². The molecule has 0 aliphatic carbocycles. The Morgan fingerprint density at radius 1 is 1.75 bits per heavy atom. The number of amides is 1. The monoisotopic (exact) mass is 169 g/mol. The van der Waals surface area contributed by atoms with E-state index < -0.39 is 0 Å². The van der Waals surface area contributed by atoms with E-state index in [4.69, 9.17) is 5.73 Å². The molecule has 0 saturated heterocycles. The lowest BCUT2D eigenvalue weighted by Gasteiger charge is -1.99. The molecule has 1 rings (SSSR count). The fourth-order valence-corrected chi connectivity index (χ4v) is 0.750. The lowest BCUT2D eigenvalue weighted by atomic mass is 10.3. The fourth-order valence-electron chi connectivity index (χ4n) is 0.750. The Kier molecular flexibility index (Phi) is 3.21. The first-order chi connectivity index (χ1) is 5.83. The molecule has 66 valence electrons. The molecule has 1 aromatic heterocycles. The number of H-pyrrole nitrogens is 1. The highest BCUT2D eigenvalue weighted by molar-refractivity contribution is 5.77. The van der Waals surface area contributed by atoms with Crippen molar-refractivity contribution < 1.29 is 4.79 Å². The largest absolute Gasteiger partial charge is 0.355 e. The van der Waals surface area contributed by atoms with Gasteiger partial charge in [0.25, 0.3) is 0 Å². The van der Waals surface area contributed by atoms with E-state index >= 15 is 0 Å². The molecule has 0 unspecified atom stereocenters. The first-order valence-electron chi connectivity index (χ1n) is 3.65. The molecule has 6 heteroatoms. The van der Waals surface area contributed by atoms with Crippen molar-refractivity contribution in [3.63, 3.8) is 0 Å². The number of aromatic amines is 1. The van der Waals surface area contributed by atoms with Crippen molar-refractivity contribution in [3.8, 4) is 0 Å². The molecule has 6 nitrogen and oxygen atoms in total. The maximum absolute atomic E-state index is 10.7. The van der Waals surface area contributed by atoms with E-state index in [1.807, 2.05) is 0 Å². The van der Waals surface area contributed by atoms with Gasteiger partial charge in [0.2, 0.25) is 5.91 Å². The van der Waals surface area contributed by atoms with E-state index in [9.17, 15) is 4.79 Å². The molecule has 0 saturated carbocycles. The Labute approximate surface area is 69.5 Å². The third kappa shape index (κ3) is 2.67. The normalized spacial score (nSPS) is 9.75. The standard InChI is InChI=1S/C6H11N5O/c7-3-6(12)8-2-1-5-4-9-11-10-5/h4H,1-3,7H2,(H,8,12)(H,9,10,11). The zero-order valence-electron chi connectivity index (χ0n) is 6.58. The molecule has 0 aliphatic heterocycles. The van der Waals surface area contributed by atoms with E-state index in [0.29, 0.717) is 13.0 Å². The Balaban J connectivity index is 2.15. The van der Waals surface area contributed by atoms with E-state index in [1.165, 1.54) is 0 Å². The van der Waals surface area contributed by atoms with Crippen molar-refractivity contribution in [1.82, 2.24) is 20.7 Å². The molecule has 12 heavy (non-hydrogen) atoms. The molecule has 0 aromatic carbocycles. The van der Waals surface area contributed by atoms with Crippen LogP contribution < -0.4 is 11.1 Å². The molecule has 0 radical (unpaired) electrons. The van der Waals surface area contributed by atoms with Crippen molar-refractivity contribution in [2.45, 2.75) is 6.42 Å². The number of nitrogens with zero attached hydrogens (tertiary/aromatic N) is 2. The summed E-state index contributed by atoms with van der Waals surface area (Å²) < 4.78 is 0. The minimum absolute atomic E-state index is 0.0266. The van der Waals surface area contributed by atoms with E-state index in [1.54, 1.807) is 6.20 Å². The molecule has 0 bridgehead atoms. The maximum Gasteiger partial charge on any atom is 0.233 e. The van der Waals surface area contributed by atoms with Crippen LogP contribution in [0.25, 0.3) is 0 Å². The van der Waals surface area contributed by atoms with Gasteiger partial charge in [-0.05, 0) is 0 Å². The predicted molar refractivity (Wildman–Crippen MR) is 42.2 cm³/mol. The fraction of sp³-hybridized carbons (Fsp3) is 0.500. The van der Waals surface area contributed by atoms with Gasteiger partial charge >= 0.3 is 0 Å². The summed E-state index contributed by atoms with van der Waals surface area (Å²) in [6, 6.07) is 0. The van der Waals surface area contributed by atoms with Gasteiger partial charge in [-0.25, -0.2) is 0 Å². The summed E-state index contributed by atoms with van der Waals surface area (Å²) >= 11 is 0. The van der Waals surface area contributed by atoms with Gasteiger partial charge in [0.1, 0.15) is 0 Å². The van der Waals surface area contributed by atoms with Gasteiger partial charge in [-0.1, -0.05) is 5.21 Å². The number of carbonyl (C=O) groups excluding carboxylic acids is 1. The second-order valence-corrected chi connectivity index (χ2v) is 2.27. The van der Waals surface area contributed by atoms with Gasteiger partial charge < -0.3 is 11.1 Å². The number of nitrogens with one attached hydrogen (secondary N) is 2. The lowest BCUT2D eigenvalue weighted by Crippen LogP contribution is -2.31. The third-order valence-corrected chi connectivity index (χ3v) is 1.36. The van der Waals surface area contributed by atoms with Crippen molar-refractivity contribution >= 4 is 5.91 Å². The average molecular weight is 169 g/mol. The van der Waals surface area contributed by atoms with Gasteiger partial charge in [-0.15, -0.1) is 5.10 Å². The van der Waals surface area contributed by atoms with Gasteiger partial charge in [0.15, 0.2) is 0 Å². The number of hydrogen-bond acceptors (Lipinski definition) is 4. The first kappa shape index (κ1) is 8.66. The molecule has 0 spiro atoms. The van der Waals surface area contributed by atoms with Crippen LogP contribution in [0.15, 0.2) is 6.20 Å². The zero-order valence-corrected chi connectivity index (χ0v) is 6.58. The minimum atomic E-state index is -0.154. The smallest absolute Gasteiger partial charge is 0.233 e. The second-order valence-electron chi connectivity index (χ2n) is 2.27. The number of hydrogen-bond donors (Lipinski definition) is 3. The highest BCUT2D eigenvalue weighted by Gasteiger charge is 1.98. The number of aromatic nitrogens is 3. The molecular formula is C6H11N5O. The summed E-state index contributed by atoms with van der Waals surface area (Å²) in [5.74, 6) is -0.154. The minimum Gasteiger partial charge on any atom is -0.355 e. The third-order valence-electron chi connectivity index (χ3n) is 1.36. The van der Waals surface area contributed by atoms with Gasteiger partial charge in [0.05, 0.1) is 12.2 Å². The summed E-state index contributed by atoms with van der Waals surface area (Å²) in [5.41, 5.74) is 5.91. The summed E-state index contributed by atoms with van der Waals surface area (Å²) in [5, 5.41) is 12.5. The van der Waals surface area contributed by atoms with Crippen LogP contribution in [0.5, 0.6) is 0 Å². The van der Waals surface area contributed by atoms with Crippen molar-refractivity contribution in [2.24, 2.45) is 5.73 Å². The topological polar surface area (TPSA) is 96.7 Å². The van der Waals surface area contributed by atoms with E-state index in [2.05, 4.69) is 20.7 Å². The molecule has 0 atom stereocenters. The van der Waals surface area contributed by atoms with Crippen molar-refractivity contribution in [1.29, 1.82) is 0 Å². The molecule has 4 N–H and O–H groups in total. The molecule has 1 heterocycles. The lowest BCUT2D eigenvalue weighted by molar-refractivity contribution is -0.119. The van der Waals surface area contributed by atoms with Crippen LogP contribution in [0.1, 0.15) is 5.69 Å². The molecule has 1 aromatic rings. The molecule has 1 amide bonds. The Morgan fingerprint density at radius 2 is 2.58 bits per heavy atom. The van der Waals surface area contributed by atoms with Gasteiger partial charge in [-0.3, -0.25) is 9.89 Å². The molecular weight excluding hydrogens is 158 g/mol. The maximum atomic E-state index is 10.7. The van der Waals surface area contributed by atoms with E-state index in [0.717, 1.165) is 5.69 Å². The van der Waals surface area contributed by atoms with Crippen LogP contribution >= 0.6 is 0 Å². The molecule has 0 fully saturated rings. The first-order valence-corrected chi connectivity index (χ1v) is 3.65. The summed E-state index contributed by atoms with van der Waals surface area (Å²) in [4.78, 5) is 10.7. The number of carbonyl (C=O) groups is 1. The second kappa shape index (κ2) is 4.45. The highest BCUT2D eigenvalue weighted by Crippen LogP contribution is 1.87. The summed E-state index contributed by atoms with van der Waals surface area (Å²) in [7, 11) is 0. The van der Waals surface area contributed by atoms with Crippen molar-refractivity contribution in [3.05, 3.63) is 11.9 Å². The zero-order chi connectivity index (χ0) is 8.81. The summed E-state index contributed by atoms with van der Waals surface area (Å²) in [6.07, 6.45) is 2.36. The van der Waals surface area contributed by atoms with Gasteiger partial charge in [-0.2, -0.15) is 0 Å². The highest BCUT2D eigenvalue weighted by atomic mass is 16.1. The van der Waals surface area contributed by atoms with Crippen molar-refractivity contribution in [2.75, 3.05) is 13.1 Å². The number of rotatable bonds is 4. The van der Waals surface area contributed by atoms with Crippen LogP contribution in [0.3, 0.4) is 0 Å². The molecule has 0 aliphatic rings. The van der Waals surface area contributed by atoms with Crippen LogP contribution in [-0.2, 0) is 11.2 Å². The van der Waals surface area contributed by atoms with Crippen LogP contribution in [0.2, 0.25) is 0 Å². The van der Waals surface area contributed by atoms with Crippen LogP contribution in [0, 0.1) is 0 Å². The Morgan fingerprint density at radius 3 is 3.17 bits per heavy atom. The van der Waals surface area contributed by atoms with Gasteiger partial charge in [0, 0.05) is 19.2 Å². The number of nitrogens with two attached hydrogens (primary N) is 1. The predicted octanol–water partition coefficient (Wildman–Crippen LogP) is -1.58. The summed E-state index contributed by atoms with van der Waals surface area (Å²) in [6.45, 7) is 0.571.